The molecule has 7 heteroatoms. The number of rotatable bonds is 8. The van der Waals surface area contributed by atoms with Gasteiger partial charge in [-0.05, 0) is 24.9 Å². The van der Waals surface area contributed by atoms with Crippen LogP contribution < -0.4 is 5.32 Å². The molecule has 0 saturated heterocycles. The van der Waals surface area contributed by atoms with E-state index in [9.17, 15) is 13.2 Å². The van der Waals surface area contributed by atoms with E-state index >= 15 is 0 Å². The van der Waals surface area contributed by atoms with Gasteiger partial charge in [-0.15, -0.1) is 0 Å². The van der Waals surface area contributed by atoms with Crippen LogP contribution >= 0.6 is 0 Å². The topological polar surface area (TPSA) is 39.1 Å². The fraction of sp³-hybridized carbons (Fsp3) is 0.750. The van der Waals surface area contributed by atoms with Crippen molar-refractivity contribution in [2.75, 3.05) is 19.8 Å². The molecule has 0 radical (unpaired) electrons. The molecular formula is C12H20F3N3O. The molecule has 19 heavy (non-hydrogen) atoms. The summed E-state index contributed by atoms with van der Waals surface area (Å²) in [6.07, 6.45) is 0.689. The average molecular weight is 279 g/mol. The van der Waals surface area contributed by atoms with Gasteiger partial charge in [-0.3, -0.25) is 4.68 Å². The lowest BCUT2D eigenvalue weighted by Crippen LogP contribution is -2.32. The minimum Gasteiger partial charge on any atom is -0.372 e. The quantitative estimate of drug-likeness (QED) is 0.739. The zero-order valence-electron chi connectivity index (χ0n) is 11.2. The third-order valence-electron chi connectivity index (χ3n) is 2.61. The smallest absolute Gasteiger partial charge is 0.372 e. The summed E-state index contributed by atoms with van der Waals surface area (Å²) in [5.41, 5.74) is 1.06. The van der Waals surface area contributed by atoms with Crippen LogP contribution in [-0.2, 0) is 18.2 Å². The second kappa shape index (κ2) is 7.49. The first-order chi connectivity index (χ1) is 8.90. The minimum absolute atomic E-state index is 0.0947. The molecule has 0 spiro atoms. The molecule has 0 aliphatic rings. The third-order valence-corrected chi connectivity index (χ3v) is 2.61. The van der Waals surface area contributed by atoms with Crippen LogP contribution in [0.1, 0.15) is 18.9 Å². The SMILES string of the molecule is CCNC(CCOCC(F)(F)F)Cc1cnn(C)c1. The van der Waals surface area contributed by atoms with Gasteiger partial charge in [0.2, 0.25) is 0 Å². The number of hydrogen-bond donors (Lipinski definition) is 1. The highest BCUT2D eigenvalue weighted by molar-refractivity contribution is 5.05. The summed E-state index contributed by atoms with van der Waals surface area (Å²) >= 11 is 0. The molecule has 1 aromatic rings. The molecule has 1 N–H and O–H groups in total. The van der Waals surface area contributed by atoms with E-state index in [2.05, 4.69) is 15.2 Å². The second-order valence-electron chi connectivity index (χ2n) is 4.44. The maximum Gasteiger partial charge on any atom is 0.411 e. The van der Waals surface area contributed by atoms with Crippen LogP contribution in [0.15, 0.2) is 12.4 Å². The van der Waals surface area contributed by atoms with E-state index in [-0.39, 0.29) is 12.6 Å². The zero-order valence-corrected chi connectivity index (χ0v) is 11.2. The Labute approximate surface area is 110 Å². The van der Waals surface area contributed by atoms with E-state index in [0.29, 0.717) is 6.42 Å². The molecule has 1 aromatic heterocycles. The van der Waals surface area contributed by atoms with Crippen LogP contribution in [0, 0.1) is 0 Å². The molecule has 0 bridgehead atoms. The number of nitrogens with zero attached hydrogens (tertiary/aromatic N) is 2. The van der Waals surface area contributed by atoms with Crippen molar-refractivity contribution in [3.05, 3.63) is 18.0 Å². The lowest BCUT2D eigenvalue weighted by Gasteiger charge is -2.17. The van der Waals surface area contributed by atoms with Crippen molar-refractivity contribution < 1.29 is 17.9 Å². The van der Waals surface area contributed by atoms with Crippen LogP contribution in [0.4, 0.5) is 13.2 Å². The first kappa shape index (κ1) is 16.0. The van der Waals surface area contributed by atoms with E-state index in [1.54, 1.807) is 10.9 Å². The number of nitrogens with one attached hydrogen (secondary N) is 1. The van der Waals surface area contributed by atoms with Crippen LogP contribution in [0.25, 0.3) is 0 Å². The lowest BCUT2D eigenvalue weighted by molar-refractivity contribution is -0.174. The first-order valence-corrected chi connectivity index (χ1v) is 6.26. The molecule has 0 aliphatic carbocycles. The number of halogens is 3. The van der Waals surface area contributed by atoms with E-state index < -0.39 is 12.8 Å². The Bertz CT molecular complexity index is 365. The highest BCUT2D eigenvalue weighted by Gasteiger charge is 2.27. The number of likely N-dealkylation sites (N-methyl/N-ethyl adjacent to an activating group) is 1. The van der Waals surface area contributed by atoms with E-state index in [4.69, 9.17) is 0 Å². The molecule has 4 nitrogen and oxygen atoms in total. The summed E-state index contributed by atoms with van der Waals surface area (Å²) in [6.45, 7) is 1.65. The molecule has 0 aliphatic heterocycles. The van der Waals surface area contributed by atoms with Crippen molar-refractivity contribution >= 4 is 0 Å². The van der Waals surface area contributed by atoms with Gasteiger partial charge in [-0.2, -0.15) is 18.3 Å². The summed E-state index contributed by atoms with van der Waals surface area (Å²) in [5, 5.41) is 7.31. The Kier molecular flexibility index (Phi) is 6.30. The monoisotopic (exact) mass is 279 g/mol. The van der Waals surface area contributed by atoms with Gasteiger partial charge in [0.05, 0.1) is 6.20 Å². The van der Waals surface area contributed by atoms with Gasteiger partial charge >= 0.3 is 6.18 Å². The highest BCUT2D eigenvalue weighted by atomic mass is 19.4. The number of alkyl halides is 3. The third kappa shape index (κ3) is 7.17. The molecule has 110 valence electrons. The Morgan fingerprint density at radius 2 is 2.21 bits per heavy atom. The number of aromatic nitrogens is 2. The lowest BCUT2D eigenvalue weighted by atomic mass is 10.1. The summed E-state index contributed by atoms with van der Waals surface area (Å²) < 4.78 is 42.1. The molecule has 1 unspecified atom stereocenters. The zero-order chi connectivity index (χ0) is 14.3. The van der Waals surface area contributed by atoms with Gasteiger partial charge in [-0.1, -0.05) is 6.92 Å². The van der Waals surface area contributed by atoms with Gasteiger partial charge in [-0.25, -0.2) is 0 Å². The Morgan fingerprint density at radius 3 is 2.74 bits per heavy atom. The summed E-state index contributed by atoms with van der Waals surface area (Å²) in [4.78, 5) is 0. The second-order valence-corrected chi connectivity index (χ2v) is 4.44. The van der Waals surface area contributed by atoms with Gasteiger partial charge in [0.1, 0.15) is 6.61 Å². The molecule has 1 rings (SSSR count). The Hall–Kier alpha value is -1.08. The van der Waals surface area contributed by atoms with E-state index in [1.165, 1.54) is 0 Å². The Balaban J connectivity index is 2.32. The molecular weight excluding hydrogens is 259 g/mol. The maximum absolute atomic E-state index is 11.9. The predicted molar refractivity (Wildman–Crippen MR) is 65.9 cm³/mol. The molecule has 0 saturated carbocycles. The van der Waals surface area contributed by atoms with Crippen molar-refractivity contribution in [1.29, 1.82) is 0 Å². The van der Waals surface area contributed by atoms with Crippen LogP contribution in [-0.4, -0.2) is 41.8 Å². The molecule has 0 fully saturated rings. The van der Waals surface area contributed by atoms with Gasteiger partial charge < -0.3 is 10.1 Å². The van der Waals surface area contributed by atoms with Crippen molar-refractivity contribution in [3.63, 3.8) is 0 Å². The fourth-order valence-electron chi connectivity index (χ4n) is 1.84. The Morgan fingerprint density at radius 1 is 1.47 bits per heavy atom. The molecule has 0 amide bonds. The molecule has 1 heterocycles. The van der Waals surface area contributed by atoms with Crippen molar-refractivity contribution in [3.8, 4) is 0 Å². The number of aryl methyl sites for hydroxylation is 1. The minimum atomic E-state index is -4.25. The van der Waals surface area contributed by atoms with E-state index in [1.807, 2.05) is 20.2 Å². The first-order valence-electron chi connectivity index (χ1n) is 6.26. The fourth-order valence-corrected chi connectivity index (χ4v) is 1.84. The average Bonchev–Trinajstić information content (AvgIpc) is 2.69. The van der Waals surface area contributed by atoms with Gasteiger partial charge in [0.25, 0.3) is 0 Å². The maximum atomic E-state index is 11.9. The van der Waals surface area contributed by atoms with Gasteiger partial charge in [0, 0.05) is 25.9 Å². The summed E-state index contributed by atoms with van der Waals surface area (Å²) in [7, 11) is 1.83. The standard InChI is InChI=1S/C12H20F3N3O/c1-3-16-11(4-5-19-9-12(13,14)15)6-10-7-17-18(2)8-10/h7-8,11,16H,3-6,9H2,1-2H3. The molecule has 1 atom stereocenters. The van der Waals surface area contributed by atoms with Crippen LogP contribution in [0.5, 0.6) is 0 Å². The summed E-state index contributed by atoms with van der Waals surface area (Å²) in [5.74, 6) is 0. The largest absolute Gasteiger partial charge is 0.411 e. The van der Waals surface area contributed by atoms with Crippen molar-refractivity contribution in [1.82, 2.24) is 15.1 Å². The highest BCUT2D eigenvalue weighted by Crippen LogP contribution is 2.14. The van der Waals surface area contributed by atoms with E-state index in [0.717, 1.165) is 18.5 Å². The number of hydrogen-bond acceptors (Lipinski definition) is 3. The normalized spacial score (nSPS) is 13.7. The van der Waals surface area contributed by atoms with Crippen molar-refractivity contribution in [2.45, 2.75) is 32.0 Å². The van der Waals surface area contributed by atoms with Gasteiger partial charge in [0.15, 0.2) is 0 Å². The van der Waals surface area contributed by atoms with Crippen LogP contribution in [0.2, 0.25) is 0 Å². The number of ether oxygens (including phenoxy) is 1. The summed E-state index contributed by atoms with van der Waals surface area (Å²) in [6, 6.07) is 0.0995. The van der Waals surface area contributed by atoms with Crippen LogP contribution in [0.3, 0.4) is 0 Å². The van der Waals surface area contributed by atoms with Crippen molar-refractivity contribution in [2.24, 2.45) is 7.05 Å². The molecule has 0 aromatic carbocycles. The predicted octanol–water partition coefficient (Wildman–Crippen LogP) is 1.91.